The maximum absolute atomic E-state index is 13.8. The molecular weight excluding hydrogens is 422 g/mol. The van der Waals surface area contributed by atoms with E-state index in [-0.39, 0.29) is 11.1 Å². The molecule has 10 nitrogen and oxygen atoms in total. The Kier molecular flexibility index (Phi) is 5.24. The lowest BCUT2D eigenvalue weighted by Gasteiger charge is -2.27. The molecule has 33 heavy (non-hydrogen) atoms. The molecule has 1 saturated heterocycles. The average Bonchev–Trinajstić information content (AvgIpc) is 3.29. The van der Waals surface area contributed by atoms with Crippen LogP contribution in [0.25, 0.3) is 16.7 Å². The summed E-state index contributed by atoms with van der Waals surface area (Å²) < 4.78 is 14.0. The molecule has 1 aromatic carbocycles. The fourth-order valence-electron chi connectivity index (χ4n) is 4.08. The fourth-order valence-corrected chi connectivity index (χ4v) is 4.08. The summed E-state index contributed by atoms with van der Waals surface area (Å²) in [7, 11) is 1.63. The lowest BCUT2D eigenvalue weighted by Crippen LogP contribution is -2.37. The molecule has 0 aliphatic carbocycles. The van der Waals surface area contributed by atoms with E-state index >= 15 is 0 Å². The highest BCUT2D eigenvalue weighted by Crippen LogP contribution is 2.25. The van der Waals surface area contributed by atoms with Gasteiger partial charge in [-0.3, -0.25) is 4.57 Å². The number of fused-ring (bicyclic) bond motifs is 3. The Bertz CT molecular complexity index is 1360. The van der Waals surface area contributed by atoms with E-state index in [0.717, 1.165) is 24.4 Å². The summed E-state index contributed by atoms with van der Waals surface area (Å²) in [6.45, 7) is 9.11. The van der Waals surface area contributed by atoms with Gasteiger partial charge in [-0.1, -0.05) is 32.9 Å². The van der Waals surface area contributed by atoms with Crippen molar-refractivity contribution in [2.24, 2.45) is 0 Å². The second-order valence-corrected chi connectivity index (χ2v) is 9.19. The molecule has 0 N–H and O–H groups in total. The Morgan fingerprint density at radius 1 is 1.03 bits per heavy atom. The molecule has 5 rings (SSSR count). The molecule has 1 aliphatic rings. The highest BCUT2D eigenvalue weighted by molar-refractivity contribution is 5.88. The zero-order valence-electron chi connectivity index (χ0n) is 19.3. The zero-order valence-corrected chi connectivity index (χ0v) is 19.3. The van der Waals surface area contributed by atoms with Gasteiger partial charge in [0.05, 0.1) is 32.4 Å². The van der Waals surface area contributed by atoms with Crippen LogP contribution in [-0.4, -0.2) is 62.8 Å². The number of hydrogen-bond acceptors (Lipinski definition) is 8. The largest absolute Gasteiger partial charge is 0.497 e. The summed E-state index contributed by atoms with van der Waals surface area (Å²) in [6, 6.07) is 9.61. The molecule has 0 unspecified atom stereocenters. The number of benzene rings is 1. The first-order valence-electron chi connectivity index (χ1n) is 11.0. The third-order valence-corrected chi connectivity index (χ3v) is 5.85. The van der Waals surface area contributed by atoms with Crippen LogP contribution in [0, 0.1) is 0 Å². The van der Waals surface area contributed by atoms with E-state index in [1.165, 1.54) is 0 Å². The van der Waals surface area contributed by atoms with Gasteiger partial charge in [-0.25, -0.2) is 9.20 Å². The molecule has 172 valence electrons. The topological polar surface area (TPSA) is 99.7 Å². The second-order valence-electron chi connectivity index (χ2n) is 9.19. The van der Waals surface area contributed by atoms with Gasteiger partial charge in [-0.15, -0.1) is 20.4 Å². The van der Waals surface area contributed by atoms with Crippen LogP contribution in [-0.2, 0) is 16.7 Å². The van der Waals surface area contributed by atoms with E-state index in [0.29, 0.717) is 48.1 Å². The summed E-state index contributed by atoms with van der Waals surface area (Å²) in [5.41, 5.74) is 2.03. The number of hydrogen-bond donors (Lipinski definition) is 0. The van der Waals surface area contributed by atoms with Gasteiger partial charge in [0, 0.05) is 24.6 Å². The van der Waals surface area contributed by atoms with Crippen molar-refractivity contribution in [1.29, 1.82) is 0 Å². The van der Waals surface area contributed by atoms with Crippen LogP contribution in [0.1, 0.15) is 32.2 Å². The number of methoxy groups -OCH3 is 1. The minimum Gasteiger partial charge on any atom is -0.497 e. The molecule has 0 radical (unpaired) electrons. The van der Waals surface area contributed by atoms with E-state index in [4.69, 9.17) is 9.47 Å². The molecule has 0 atom stereocenters. The number of rotatable bonds is 4. The number of nitrogens with zero attached hydrogens (tertiary/aromatic N) is 7. The van der Waals surface area contributed by atoms with E-state index < -0.39 is 0 Å². The van der Waals surface area contributed by atoms with Gasteiger partial charge < -0.3 is 14.4 Å². The normalized spacial score (nSPS) is 14.8. The molecule has 3 aromatic heterocycles. The lowest BCUT2D eigenvalue weighted by molar-refractivity contribution is 0.122. The predicted molar refractivity (Wildman–Crippen MR) is 124 cm³/mol. The molecule has 10 heteroatoms. The van der Waals surface area contributed by atoms with Crippen LogP contribution < -0.4 is 15.3 Å². The van der Waals surface area contributed by atoms with E-state index in [9.17, 15) is 4.79 Å². The molecule has 4 aromatic rings. The maximum atomic E-state index is 13.8. The van der Waals surface area contributed by atoms with Crippen LogP contribution in [0.3, 0.4) is 0 Å². The van der Waals surface area contributed by atoms with Gasteiger partial charge in [0.2, 0.25) is 0 Å². The van der Waals surface area contributed by atoms with Crippen LogP contribution >= 0.6 is 0 Å². The van der Waals surface area contributed by atoms with Crippen LogP contribution in [0.15, 0.2) is 35.1 Å². The monoisotopic (exact) mass is 449 g/mol. The first kappa shape index (κ1) is 21.3. The molecule has 4 heterocycles. The van der Waals surface area contributed by atoms with Crippen LogP contribution in [0.5, 0.6) is 5.75 Å². The van der Waals surface area contributed by atoms with E-state index in [1.54, 1.807) is 16.1 Å². The van der Waals surface area contributed by atoms with Crippen molar-refractivity contribution >= 4 is 22.5 Å². The summed E-state index contributed by atoms with van der Waals surface area (Å²) in [5, 5.41) is 17.7. The average molecular weight is 450 g/mol. The second kappa shape index (κ2) is 8.11. The zero-order chi connectivity index (χ0) is 23.2. The van der Waals surface area contributed by atoms with Crippen molar-refractivity contribution in [2.45, 2.75) is 32.7 Å². The predicted octanol–water partition coefficient (Wildman–Crippen LogP) is 2.03. The maximum Gasteiger partial charge on any atom is 0.336 e. The number of morpholine rings is 1. The molecule has 1 fully saturated rings. The molecule has 1 aliphatic heterocycles. The highest BCUT2D eigenvalue weighted by atomic mass is 16.5. The first-order chi connectivity index (χ1) is 15.9. The SMILES string of the molecule is COc1ccc(Cn2c(=O)n3c(C(C)(C)C)nnc3c3nnc(N4CCOCC4)cc32)cc1. The number of aromatic nitrogens is 6. The smallest absolute Gasteiger partial charge is 0.336 e. The van der Waals surface area contributed by atoms with Crippen molar-refractivity contribution in [1.82, 2.24) is 29.4 Å². The third-order valence-electron chi connectivity index (χ3n) is 5.85. The minimum absolute atomic E-state index is 0.204. The summed E-state index contributed by atoms with van der Waals surface area (Å²) in [6.07, 6.45) is 0. The fraction of sp³-hybridized carbons (Fsp3) is 0.435. The van der Waals surface area contributed by atoms with Crippen LogP contribution in [0.2, 0.25) is 0 Å². The molecule has 0 spiro atoms. The van der Waals surface area contributed by atoms with Gasteiger partial charge in [-0.2, -0.15) is 0 Å². The summed E-state index contributed by atoms with van der Waals surface area (Å²) in [4.78, 5) is 15.9. The molecule has 0 bridgehead atoms. The molecule has 0 amide bonds. The van der Waals surface area contributed by atoms with Crippen molar-refractivity contribution in [3.63, 3.8) is 0 Å². The first-order valence-corrected chi connectivity index (χ1v) is 11.0. The Balaban J connectivity index is 1.74. The van der Waals surface area contributed by atoms with Crippen molar-refractivity contribution in [3.8, 4) is 5.75 Å². The molecule has 0 saturated carbocycles. The van der Waals surface area contributed by atoms with E-state index in [1.807, 2.05) is 51.1 Å². The quantitative estimate of drug-likeness (QED) is 0.467. The minimum atomic E-state index is -0.370. The molecular formula is C23H27N7O3. The standard InChI is InChI=1S/C23H27N7O3/c1-23(2,3)21-27-26-20-19-17(13-18(24-25-19)28-9-11-33-12-10-28)29(22(31)30(20)21)14-15-5-7-16(32-4)8-6-15/h5-8,13H,9-12,14H2,1-4H3. The van der Waals surface area contributed by atoms with Crippen LogP contribution in [0.4, 0.5) is 5.82 Å². The number of anilines is 1. The van der Waals surface area contributed by atoms with Crippen molar-refractivity contribution in [2.75, 3.05) is 38.3 Å². The Morgan fingerprint density at radius 3 is 2.42 bits per heavy atom. The van der Waals surface area contributed by atoms with Gasteiger partial charge in [0.1, 0.15) is 11.6 Å². The highest BCUT2D eigenvalue weighted by Gasteiger charge is 2.26. The Morgan fingerprint density at radius 2 is 1.76 bits per heavy atom. The van der Waals surface area contributed by atoms with Gasteiger partial charge in [0.25, 0.3) is 0 Å². The van der Waals surface area contributed by atoms with Gasteiger partial charge >= 0.3 is 5.69 Å². The van der Waals surface area contributed by atoms with Crippen molar-refractivity contribution in [3.05, 3.63) is 52.2 Å². The lowest BCUT2D eigenvalue weighted by atomic mass is 9.96. The van der Waals surface area contributed by atoms with Crippen molar-refractivity contribution < 1.29 is 9.47 Å². The summed E-state index contributed by atoms with van der Waals surface area (Å²) >= 11 is 0. The third kappa shape index (κ3) is 3.80. The Hall–Kier alpha value is -3.53. The van der Waals surface area contributed by atoms with Gasteiger partial charge in [0.15, 0.2) is 17.0 Å². The number of ether oxygens (including phenoxy) is 2. The van der Waals surface area contributed by atoms with Gasteiger partial charge in [-0.05, 0) is 17.7 Å². The Labute approximate surface area is 190 Å². The summed E-state index contributed by atoms with van der Waals surface area (Å²) in [5.74, 6) is 2.07. The van der Waals surface area contributed by atoms with E-state index in [2.05, 4.69) is 25.3 Å².